The second kappa shape index (κ2) is 7.86. The van der Waals surface area contributed by atoms with Crippen molar-refractivity contribution in [1.82, 2.24) is 0 Å². The third kappa shape index (κ3) is 4.17. The molecular formula is C24H19F3O3. The first-order valence-corrected chi connectivity index (χ1v) is 9.56. The first-order chi connectivity index (χ1) is 14.3. The van der Waals surface area contributed by atoms with Gasteiger partial charge in [0.1, 0.15) is 12.4 Å². The maximum Gasteiger partial charge on any atom is 0.416 e. The molecule has 0 amide bonds. The van der Waals surface area contributed by atoms with Crippen LogP contribution in [0.3, 0.4) is 0 Å². The molecule has 6 heteroatoms. The predicted molar refractivity (Wildman–Crippen MR) is 106 cm³/mol. The molecule has 0 aliphatic heterocycles. The number of carboxylic acids is 1. The van der Waals surface area contributed by atoms with Crippen LogP contribution in [0, 0.1) is 0 Å². The van der Waals surface area contributed by atoms with Crippen molar-refractivity contribution in [2.45, 2.75) is 31.5 Å². The number of fused-ring (bicyclic) bond motifs is 1. The molecule has 30 heavy (non-hydrogen) atoms. The number of aliphatic carboxylic acids is 1. The lowest BCUT2D eigenvalue weighted by Gasteiger charge is -2.11. The van der Waals surface area contributed by atoms with Gasteiger partial charge in [0.25, 0.3) is 0 Å². The monoisotopic (exact) mass is 412 g/mol. The van der Waals surface area contributed by atoms with Crippen molar-refractivity contribution >= 4 is 5.97 Å². The second-order valence-electron chi connectivity index (χ2n) is 7.35. The lowest BCUT2D eigenvalue weighted by atomic mass is 10.0. The molecule has 0 aromatic heterocycles. The number of hydrogen-bond donors (Lipinski definition) is 1. The molecule has 1 atom stereocenters. The Morgan fingerprint density at radius 3 is 2.47 bits per heavy atom. The molecule has 1 aliphatic rings. The first kappa shape index (κ1) is 20.0. The molecule has 3 nitrogen and oxygen atoms in total. The van der Waals surface area contributed by atoms with E-state index in [9.17, 15) is 23.1 Å². The zero-order valence-corrected chi connectivity index (χ0v) is 15.9. The van der Waals surface area contributed by atoms with Crippen LogP contribution >= 0.6 is 0 Å². The Hall–Kier alpha value is -3.28. The zero-order chi connectivity index (χ0) is 21.3. The van der Waals surface area contributed by atoms with Gasteiger partial charge in [-0.2, -0.15) is 13.2 Å². The van der Waals surface area contributed by atoms with E-state index in [4.69, 9.17) is 4.74 Å². The van der Waals surface area contributed by atoms with Crippen LogP contribution in [0.15, 0.2) is 66.7 Å². The van der Waals surface area contributed by atoms with Gasteiger partial charge in [-0.05, 0) is 71.0 Å². The molecule has 0 fully saturated rings. The Morgan fingerprint density at radius 1 is 1.00 bits per heavy atom. The van der Waals surface area contributed by atoms with Crippen LogP contribution in [0.1, 0.15) is 34.6 Å². The molecule has 3 aromatic rings. The molecule has 0 heterocycles. The Balaban J connectivity index is 1.46. The smallest absolute Gasteiger partial charge is 0.416 e. The van der Waals surface area contributed by atoms with Gasteiger partial charge in [0.2, 0.25) is 0 Å². The van der Waals surface area contributed by atoms with E-state index in [-0.39, 0.29) is 0 Å². The van der Waals surface area contributed by atoms with Crippen molar-refractivity contribution in [1.29, 1.82) is 0 Å². The Bertz CT molecular complexity index is 1070. The maximum absolute atomic E-state index is 12.7. The molecule has 1 N–H and O–H groups in total. The summed E-state index contributed by atoms with van der Waals surface area (Å²) in [6, 6.07) is 18.0. The third-order valence-electron chi connectivity index (χ3n) is 5.37. The highest BCUT2D eigenvalue weighted by Gasteiger charge is 2.30. The molecule has 3 aromatic carbocycles. The number of halogens is 3. The van der Waals surface area contributed by atoms with E-state index in [0.29, 0.717) is 30.8 Å². The number of aryl methyl sites for hydroxylation is 1. The highest BCUT2D eigenvalue weighted by atomic mass is 19.4. The first-order valence-electron chi connectivity index (χ1n) is 9.56. The van der Waals surface area contributed by atoms with Gasteiger partial charge in [0, 0.05) is 0 Å². The van der Waals surface area contributed by atoms with E-state index < -0.39 is 23.6 Å². The van der Waals surface area contributed by atoms with Gasteiger partial charge < -0.3 is 9.84 Å². The van der Waals surface area contributed by atoms with Crippen molar-refractivity contribution in [3.8, 4) is 16.9 Å². The normalized spacial score (nSPS) is 15.6. The minimum Gasteiger partial charge on any atom is -0.489 e. The average molecular weight is 412 g/mol. The summed E-state index contributed by atoms with van der Waals surface area (Å²) in [6.07, 6.45) is -3.04. The Labute approximate surface area is 171 Å². The van der Waals surface area contributed by atoms with Gasteiger partial charge in [-0.15, -0.1) is 0 Å². The summed E-state index contributed by atoms with van der Waals surface area (Å²) in [5.41, 5.74) is 3.56. The van der Waals surface area contributed by atoms with Gasteiger partial charge >= 0.3 is 12.1 Å². The fourth-order valence-electron chi connectivity index (χ4n) is 3.80. The molecule has 0 spiro atoms. The lowest BCUT2D eigenvalue weighted by molar-refractivity contribution is -0.139. The number of ether oxygens (including phenoxy) is 1. The number of alkyl halides is 3. The number of rotatable bonds is 5. The fourth-order valence-corrected chi connectivity index (χ4v) is 3.80. The molecule has 1 aliphatic carbocycles. The van der Waals surface area contributed by atoms with Crippen LogP contribution in [0.5, 0.6) is 5.75 Å². The predicted octanol–water partition coefficient (Wildman–Crippen LogP) is 6.07. The number of benzene rings is 3. The molecule has 4 rings (SSSR count). The number of hydrogen-bond acceptors (Lipinski definition) is 2. The fraction of sp³-hybridized carbons (Fsp3) is 0.208. The van der Waals surface area contributed by atoms with Crippen molar-refractivity contribution < 1.29 is 27.8 Å². The van der Waals surface area contributed by atoms with Gasteiger partial charge in [0.15, 0.2) is 0 Å². The van der Waals surface area contributed by atoms with E-state index >= 15 is 0 Å². The second-order valence-corrected chi connectivity index (χ2v) is 7.35. The molecule has 1 unspecified atom stereocenters. The van der Waals surface area contributed by atoms with Gasteiger partial charge in [-0.3, -0.25) is 4.79 Å². The van der Waals surface area contributed by atoms with Gasteiger partial charge in [-0.25, -0.2) is 0 Å². The summed E-state index contributed by atoms with van der Waals surface area (Å²) in [6.45, 7) is 0.301. The molecule has 0 saturated heterocycles. The Kier molecular flexibility index (Phi) is 5.24. The lowest BCUT2D eigenvalue weighted by Crippen LogP contribution is -2.07. The summed E-state index contributed by atoms with van der Waals surface area (Å²) in [4.78, 5) is 11.3. The average Bonchev–Trinajstić information content (AvgIpc) is 3.15. The van der Waals surface area contributed by atoms with Crippen molar-refractivity contribution in [2.75, 3.05) is 0 Å². The minimum atomic E-state index is -4.35. The van der Waals surface area contributed by atoms with Crippen LogP contribution in [0.4, 0.5) is 13.2 Å². The van der Waals surface area contributed by atoms with Gasteiger partial charge in [0.05, 0.1) is 11.5 Å². The quantitative estimate of drug-likeness (QED) is 0.554. The van der Waals surface area contributed by atoms with Crippen LogP contribution in [0.2, 0.25) is 0 Å². The number of carbonyl (C=O) groups is 1. The molecule has 0 radical (unpaired) electrons. The van der Waals surface area contributed by atoms with Crippen LogP contribution < -0.4 is 4.74 Å². The van der Waals surface area contributed by atoms with Gasteiger partial charge in [-0.1, -0.05) is 36.4 Å². The van der Waals surface area contributed by atoms with Crippen LogP contribution in [-0.4, -0.2) is 11.1 Å². The van der Waals surface area contributed by atoms with E-state index in [0.717, 1.165) is 34.4 Å². The molecule has 154 valence electrons. The van der Waals surface area contributed by atoms with E-state index in [1.54, 1.807) is 6.07 Å². The largest absolute Gasteiger partial charge is 0.489 e. The summed E-state index contributed by atoms with van der Waals surface area (Å²) in [5, 5.41) is 9.27. The summed E-state index contributed by atoms with van der Waals surface area (Å²) >= 11 is 0. The molecule has 0 saturated carbocycles. The minimum absolute atomic E-state index is 0.301. The van der Waals surface area contributed by atoms with Crippen LogP contribution in [0.25, 0.3) is 11.1 Å². The SMILES string of the molecule is O=C(O)C1CCc2cc(OCc3cccc(-c4ccc(C(F)(F)F)cc4)c3)ccc21. The van der Waals surface area contributed by atoms with E-state index in [2.05, 4.69) is 0 Å². The third-order valence-corrected chi connectivity index (χ3v) is 5.37. The molecule has 0 bridgehead atoms. The zero-order valence-electron chi connectivity index (χ0n) is 15.9. The maximum atomic E-state index is 12.7. The topological polar surface area (TPSA) is 46.5 Å². The van der Waals surface area contributed by atoms with Crippen molar-refractivity contribution in [3.05, 3.63) is 89.0 Å². The highest BCUT2D eigenvalue weighted by Crippen LogP contribution is 2.35. The van der Waals surface area contributed by atoms with Crippen molar-refractivity contribution in [3.63, 3.8) is 0 Å². The van der Waals surface area contributed by atoms with Crippen molar-refractivity contribution in [2.24, 2.45) is 0 Å². The highest BCUT2D eigenvalue weighted by molar-refractivity contribution is 5.78. The summed E-state index contributed by atoms with van der Waals surface area (Å²) in [7, 11) is 0. The Morgan fingerprint density at radius 2 is 1.77 bits per heavy atom. The standard InChI is InChI=1S/C24H19F3O3/c25-24(26,27)19-7-4-16(5-8-19)17-3-1-2-15(12-17)14-30-20-9-11-21-18(13-20)6-10-22(21)23(28)29/h1-5,7-9,11-13,22H,6,10,14H2,(H,28,29). The summed E-state index contributed by atoms with van der Waals surface area (Å²) < 4.78 is 44.1. The van der Waals surface area contributed by atoms with E-state index in [1.807, 2.05) is 36.4 Å². The summed E-state index contributed by atoms with van der Waals surface area (Å²) in [5.74, 6) is -0.586. The van der Waals surface area contributed by atoms with E-state index in [1.165, 1.54) is 12.1 Å². The number of carboxylic acid groups (broad SMARTS) is 1. The van der Waals surface area contributed by atoms with Crippen LogP contribution in [-0.2, 0) is 24.0 Å². The molecular weight excluding hydrogens is 393 g/mol.